The summed E-state index contributed by atoms with van der Waals surface area (Å²) in [7, 11) is -0.146. The number of benzene rings is 2. The third-order valence-corrected chi connectivity index (χ3v) is 12.3. The highest BCUT2D eigenvalue weighted by atomic mass is 16.7. The molecule has 0 unspecified atom stereocenters. The Morgan fingerprint density at radius 3 is 1.47 bits per heavy atom. The summed E-state index contributed by atoms with van der Waals surface area (Å²) in [5.41, 5.74) is 8.11. The monoisotopic (exact) mass is 769 g/mol. The van der Waals surface area contributed by atoms with Gasteiger partial charge in [-0.2, -0.15) is 21.0 Å². The summed E-state index contributed by atoms with van der Waals surface area (Å²) in [5.74, 6) is 0. The molecule has 1 fully saturated rings. The van der Waals surface area contributed by atoms with Crippen LogP contribution in [-0.2, 0) is 15.9 Å². The minimum absolute atomic E-state index is 0.0507. The van der Waals surface area contributed by atoms with E-state index in [0.717, 1.165) is 84.8 Å². The van der Waals surface area contributed by atoms with Crippen molar-refractivity contribution in [2.45, 2.75) is 131 Å². The predicted molar refractivity (Wildman–Crippen MR) is 236 cm³/mol. The van der Waals surface area contributed by atoms with Crippen molar-refractivity contribution in [1.82, 2.24) is 4.57 Å². The van der Waals surface area contributed by atoms with Crippen LogP contribution in [0.15, 0.2) is 94.1 Å². The highest BCUT2D eigenvalue weighted by molar-refractivity contribution is 6.45. The fraction of sp³-hybridized carbons (Fsp3) is 0.440. The summed E-state index contributed by atoms with van der Waals surface area (Å²) in [6.07, 6.45) is 21.0. The molecule has 2 aliphatic carbocycles. The Bertz CT molecular complexity index is 2280. The maximum absolute atomic E-state index is 9.57. The van der Waals surface area contributed by atoms with E-state index in [1.165, 1.54) is 21.8 Å². The van der Waals surface area contributed by atoms with Crippen LogP contribution in [-0.4, -0.2) is 22.9 Å². The highest BCUT2D eigenvalue weighted by Crippen LogP contribution is 2.42. The number of nitriles is 4. The minimum atomic E-state index is -0.296. The summed E-state index contributed by atoms with van der Waals surface area (Å²) in [6.45, 7) is 18.1. The molecule has 0 N–H and O–H groups in total. The summed E-state index contributed by atoms with van der Waals surface area (Å²) in [5, 5.41) is 40.7. The SMILES string of the molecule is CC1(C)CC(/C=C/c2ccc3c(c2)c2cc(/C=C/C4=CC(=C(C#N)C#N)CC(C)(C)C4)ccc2n3CCCCCCB2OC(C)(C)C(C)(C)O2)=CC(=C(C#N)C#N)C1. The van der Waals surface area contributed by atoms with Crippen molar-refractivity contribution < 1.29 is 9.31 Å². The van der Waals surface area contributed by atoms with E-state index in [1.54, 1.807) is 0 Å². The molecule has 0 radical (unpaired) electrons. The molecule has 0 saturated carbocycles. The topological polar surface area (TPSA) is 119 Å². The van der Waals surface area contributed by atoms with Gasteiger partial charge >= 0.3 is 7.12 Å². The Morgan fingerprint density at radius 1 is 0.603 bits per heavy atom. The molecule has 8 heteroatoms. The molecule has 3 aromatic rings. The summed E-state index contributed by atoms with van der Waals surface area (Å²) in [6, 6.07) is 21.7. The first-order valence-electron chi connectivity index (χ1n) is 20.7. The molecule has 7 nitrogen and oxygen atoms in total. The van der Waals surface area contributed by atoms with Gasteiger partial charge in [-0.25, -0.2) is 0 Å². The lowest BCUT2D eigenvalue weighted by molar-refractivity contribution is 0.00578. The molecule has 0 atom stereocenters. The van der Waals surface area contributed by atoms with Gasteiger partial charge in [0.25, 0.3) is 0 Å². The van der Waals surface area contributed by atoms with Crippen molar-refractivity contribution in [3.05, 3.63) is 105 Å². The lowest BCUT2D eigenvalue weighted by atomic mass is 9.74. The van der Waals surface area contributed by atoms with Crippen molar-refractivity contribution in [3.8, 4) is 24.3 Å². The fourth-order valence-corrected chi connectivity index (χ4v) is 8.80. The number of allylic oxidation sites excluding steroid dienone is 10. The van der Waals surface area contributed by atoms with Crippen LogP contribution in [0.3, 0.4) is 0 Å². The van der Waals surface area contributed by atoms with Crippen LogP contribution in [0.4, 0.5) is 0 Å². The number of hydrogen-bond donors (Lipinski definition) is 0. The van der Waals surface area contributed by atoms with Crippen molar-refractivity contribution in [1.29, 1.82) is 21.0 Å². The van der Waals surface area contributed by atoms with E-state index in [0.29, 0.717) is 12.8 Å². The second-order valence-electron chi connectivity index (χ2n) is 19.0. The van der Waals surface area contributed by atoms with Crippen LogP contribution in [0.5, 0.6) is 0 Å². The lowest BCUT2D eigenvalue weighted by Gasteiger charge is -2.32. The molecule has 0 bridgehead atoms. The van der Waals surface area contributed by atoms with Gasteiger partial charge in [0, 0.05) is 28.4 Å². The van der Waals surface area contributed by atoms with Gasteiger partial charge in [-0.15, -0.1) is 0 Å². The molecular formula is C50H56BN5O2. The second-order valence-corrected chi connectivity index (χ2v) is 19.0. The summed E-state index contributed by atoms with van der Waals surface area (Å²) >= 11 is 0. The Labute approximate surface area is 346 Å². The van der Waals surface area contributed by atoms with E-state index in [1.807, 2.05) is 12.2 Å². The molecule has 58 heavy (non-hydrogen) atoms. The smallest absolute Gasteiger partial charge is 0.403 e. The molecule has 1 aliphatic heterocycles. The van der Waals surface area contributed by atoms with Gasteiger partial charge in [-0.05, 0) is 135 Å². The van der Waals surface area contributed by atoms with Crippen LogP contribution in [0, 0.1) is 56.2 Å². The van der Waals surface area contributed by atoms with E-state index in [9.17, 15) is 21.0 Å². The van der Waals surface area contributed by atoms with Gasteiger partial charge in [-0.3, -0.25) is 0 Å². The van der Waals surface area contributed by atoms with Crippen LogP contribution in [0.2, 0.25) is 6.32 Å². The molecule has 1 saturated heterocycles. The highest BCUT2D eigenvalue weighted by Gasteiger charge is 2.50. The van der Waals surface area contributed by atoms with E-state index in [-0.39, 0.29) is 40.3 Å². The van der Waals surface area contributed by atoms with Gasteiger partial charge in [0.05, 0.1) is 11.2 Å². The molecule has 296 valence electrons. The number of fused-ring (bicyclic) bond motifs is 3. The largest absolute Gasteiger partial charge is 0.457 e. The Kier molecular flexibility index (Phi) is 12.3. The Hall–Kier alpha value is -5.38. The number of unbranched alkanes of at least 4 members (excludes halogenated alkanes) is 3. The number of rotatable bonds is 11. The van der Waals surface area contributed by atoms with E-state index in [4.69, 9.17) is 9.31 Å². The molecule has 0 spiro atoms. The standard InChI is InChI=1S/C50H56BN5O2/c1-47(2)27-37(23-39(29-47)41(31-52)32-53)15-13-35-17-19-45-43(25-35)44-26-36(14-16-38-24-40(42(33-54)34-55)30-48(3,4)28-38)18-20-46(44)56(45)22-12-10-9-11-21-51-57-49(5,6)50(7,8)58-51/h13-20,23-26H,9-12,21-22,27-30H2,1-8H3/b15-13+,16-14+. The third kappa shape index (κ3) is 9.49. The number of hydrogen-bond acceptors (Lipinski definition) is 6. The fourth-order valence-electron chi connectivity index (χ4n) is 8.80. The second kappa shape index (κ2) is 16.8. The number of aryl methyl sites for hydroxylation is 1. The summed E-state index contributed by atoms with van der Waals surface area (Å²) in [4.78, 5) is 0. The van der Waals surface area contributed by atoms with Gasteiger partial charge < -0.3 is 13.9 Å². The maximum Gasteiger partial charge on any atom is 0.457 e. The van der Waals surface area contributed by atoms with Crippen molar-refractivity contribution in [2.24, 2.45) is 10.8 Å². The third-order valence-electron chi connectivity index (χ3n) is 12.3. The quantitative estimate of drug-likeness (QED) is 0.109. The normalized spacial score (nSPS) is 19.5. The van der Waals surface area contributed by atoms with Gasteiger partial charge in [-0.1, -0.05) is 95.5 Å². The van der Waals surface area contributed by atoms with Gasteiger partial charge in [0.1, 0.15) is 35.4 Å². The van der Waals surface area contributed by atoms with E-state index >= 15 is 0 Å². The van der Waals surface area contributed by atoms with E-state index in [2.05, 4.69) is 145 Å². The molecular weight excluding hydrogens is 713 g/mol. The van der Waals surface area contributed by atoms with Crippen LogP contribution in [0.1, 0.15) is 118 Å². The Balaban J connectivity index is 1.28. The zero-order valence-electron chi connectivity index (χ0n) is 35.6. The lowest BCUT2D eigenvalue weighted by Crippen LogP contribution is -2.41. The Morgan fingerprint density at radius 2 is 1.03 bits per heavy atom. The van der Waals surface area contributed by atoms with Crippen molar-refractivity contribution >= 4 is 41.1 Å². The van der Waals surface area contributed by atoms with Crippen LogP contribution in [0.25, 0.3) is 34.0 Å². The van der Waals surface area contributed by atoms with E-state index < -0.39 is 0 Å². The molecule has 1 aromatic heterocycles. The first-order valence-corrected chi connectivity index (χ1v) is 20.7. The molecule has 3 aliphatic rings. The number of aromatic nitrogens is 1. The van der Waals surface area contributed by atoms with Crippen LogP contribution >= 0.6 is 0 Å². The zero-order valence-corrected chi connectivity index (χ0v) is 35.6. The van der Waals surface area contributed by atoms with Crippen molar-refractivity contribution in [2.75, 3.05) is 0 Å². The predicted octanol–water partition coefficient (Wildman–Crippen LogP) is 12.7. The molecule has 6 rings (SSSR count). The molecule has 2 heterocycles. The number of nitrogens with zero attached hydrogens (tertiary/aromatic N) is 5. The van der Waals surface area contributed by atoms with Gasteiger partial charge in [0.2, 0.25) is 0 Å². The zero-order chi connectivity index (χ0) is 41.9. The average molecular weight is 770 g/mol. The van der Waals surface area contributed by atoms with Crippen LogP contribution < -0.4 is 0 Å². The van der Waals surface area contributed by atoms with Gasteiger partial charge in [0.15, 0.2) is 0 Å². The minimum Gasteiger partial charge on any atom is -0.403 e. The van der Waals surface area contributed by atoms with Crippen molar-refractivity contribution in [3.63, 3.8) is 0 Å². The average Bonchev–Trinajstić information content (AvgIpc) is 3.57. The molecule has 0 amide bonds. The first-order chi connectivity index (χ1) is 27.5. The first kappa shape index (κ1) is 42.2. The summed E-state index contributed by atoms with van der Waals surface area (Å²) < 4.78 is 14.9. The maximum atomic E-state index is 9.57. The molecule has 2 aromatic carbocycles.